The Kier molecular flexibility index (Phi) is 8.40. The number of pyridine rings is 1. The number of carbonyl (C=O) groups is 1. The van der Waals surface area contributed by atoms with Crippen molar-refractivity contribution >= 4 is 35.2 Å². The summed E-state index contributed by atoms with van der Waals surface area (Å²) in [6.45, 7) is 13.3. The minimum atomic E-state index is -4.03. The standard InChI is InChI=1S/C31H38N2O5SSi/c1-8-22-21-32-27(20-26(22)30(34)37-5)29-25(18-19-38-40(6,7)31(2,3)4)24-16-12-13-17-28(24)33(29)39(35,36)23-14-10-9-11-15-23/h9-17,20-21H,8,18-19H2,1-7H3. The maximum atomic E-state index is 14.2. The van der Waals surface area contributed by atoms with Crippen molar-refractivity contribution in [1.82, 2.24) is 8.96 Å². The van der Waals surface area contributed by atoms with E-state index in [1.165, 1.54) is 11.1 Å². The van der Waals surface area contributed by atoms with Gasteiger partial charge in [0, 0.05) is 18.2 Å². The van der Waals surface area contributed by atoms with E-state index in [4.69, 9.17) is 14.1 Å². The van der Waals surface area contributed by atoms with E-state index in [2.05, 4.69) is 33.9 Å². The molecule has 4 rings (SSSR count). The van der Waals surface area contributed by atoms with Crippen molar-refractivity contribution in [2.24, 2.45) is 0 Å². The first-order valence-corrected chi connectivity index (χ1v) is 17.8. The zero-order valence-electron chi connectivity index (χ0n) is 24.3. The molecule has 212 valence electrons. The number of ether oxygens (including phenoxy) is 1. The third-order valence-corrected chi connectivity index (χ3v) is 14.1. The van der Waals surface area contributed by atoms with Crippen LogP contribution in [0.25, 0.3) is 22.3 Å². The van der Waals surface area contributed by atoms with Gasteiger partial charge in [-0.15, -0.1) is 0 Å². The molecule has 0 spiro atoms. The molecule has 0 amide bonds. The van der Waals surface area contributed by atoms with Crippen molar-refractivity contribution < 1.29 is 22.4 Å². The molecule has 0 N–H and O–H groups in total. The second-order valence-electron chi connectivity index (χ2n) is 11.4. The summed E-state index contributed by atoms with van der Waals surface area (Å²) < 4.78 is 41.4. The van der Waals surface area contributed by atoms with Gasteiger partial charge in [-0.1, -0.05) is 64.1 Å². The Morgan fingerprint density at radius 1 is 1.02 bits per heavy atom. The Balaban J connectivity index is 2.00. The van der Waals surface area contributed by atoms with Crippen LogP contribution in [0.15, 0.2) is 71.8 Å². The summed E-state index contributed by atoms with van der Waals surface area (Å²) in [6.07, 6.45) is 2.69. The van der Waals surface area contributed by atoms with Gasteiger partial charge in [0.05, 0.1) is 34.5 Å². The Morgan fingerprint density at radius 3 is 2.30 bits per heavy atom. The number of aryl methyl sites for hydroxylation is 1. The van der Waals surface area contributed by atoms with E-state index in [0.29, 0.717) is 41.9 Å². The molecule has 0 atom stereocenters. The van der Waals surface area contributed by atoms with Crippen LogP contribution in [0.3, 0.4) is 0 Å². The Bertz CT molecular complexity index is 1640. The minimum absolute atomic E-state index is 0.0352. The zero-order chi connectivity index (χ0) is 29.3. The molecule has 40 heavy (non-hydrogen) atoms. The van der Waals surface area contributed by atoms with Crippen LogP contribution in [0.1, 0.15) is 49.2 Å². The molecule has 4 aromatic rings. The number of carbonyl (C=O) groups excluding carboxylic acids is 1. The molecule has 2 aromatic carbocycles. The maximum Gasteiger partial charge on any atom is 0.338 e. The molecule has 0 radical (unpaired) electrons. The van der Waals surface area contributed by atoms with Crippen molar-refractivity contribution in [3.05, 3.63) is 83.6 Å². The molecular weight excluding hydrogens is 541 g/mol. The lowest BCUT2D eigenvalue weighted by Crippen LogP contribution is -2.41. The van der Waals surface area contributed by atoms with Gasteiger partial charge in [-0.3, -0.25) is 4.98 Å². The molecule has 0 unspecified atom stereocenters. The third-order valence-electron chi connectivity index (χ3n) is 7.85. The number of benzene rings is 2. The predicted octanol–water partition coefficient (Wildman–Crippen LogP) is 6.85. The molecule has 0 aliphatic carbocycles. The van der Waals surface area contributed by atoms with E-state index in [-0.39, 0.29) is 9.93 Å². The lowest BCUT2D eigenvalue weighted by molar-refractivity contribution is 0.0599. The molecule has 0 saturated heterocycles. The number of hydrogen-bond acceptors (Lipinski definition) is 6. The van der Waals surface area contributed by atoms with E-state index in [0.717, 1.165) is 16.5 Å². The first-order valence-electron chi connectivity index (χ1n) is 13.5. The summed E-state index contributed by atoms with van der Waals surface area (Å²) >= 11 is 0. The number of aromatic nitrogens is 2. The first kappa shape index (κ1) is 29.7. The van der Waals surface area contributed by atoms with Crippen LogP contribution in [0.2, 0.25) is 18.1 Å². The van der Waals surface area contributed by atoms with Gasteiger partial charge >= 0.3 is 5.97 Å². The lowest BCUT2D eigenvalue weighted by atomic mass is 10.0. The van der Waals surface area contributed by atoms with Crippen LogP contribution in [-0.2, 0) is 32.0 Å². The summed E-state index contributed by atoms with van der Waals surface area (Å²) in [4.78, 5) is 17.6. The molecule has 9 heteroatoms. The molecule has 0 bridgehead atoms. The average molecular weight is 579 g/mol. The van der Waals surface area contributed by atoms with Gasteiger partial charge in [-0.05, 0) is 66.4 Å². The van der Waals surface area contributed by atoms with Gasteiger partial charge in [0.25, 0.3) is 10.0 Å². The summed E-state index contributed by atoms with van der Waals surface area (Å²) in [5, 5.41) is 0.838. The summed E-state index contributed by atoms with van der Waals surface area (Å²) in [7, 11) is -4.74. The highest BCUT2D eigenvalue weighted by Crippen LogP contribution is 2.39. The molecule has 0 aliphatic heterocycles. The monoisotopic (exact) mass is 578 g/mol. The van der Waals surface area contributed by atoms with Crippen LogP contribution in [0.4, 0.5) is 0 Å². The molecule has 2 heterocycles. The van der Waals surface area contributed by atoms with Gasteiger partial charge < -0.3 is 9.16 Å². The van der Waals surface area contributed by atoms with E-state index in [1.54, 1.807) is 48.7 Å². The molecule has 7 nitrogen and oxygen atoms in total. The quantitative estimate of drug-likeness (QED) is 0.159. The molecule has 2 aromatic heterocycles. The predicted molar refractivity (Wildman–Crippen MR) is 162 cm³/mol. The third kappa shape index (κ3) is 5.50. The van der Waals surface area contributed by atoms with Crippen molar-refractivity contribution in [3.63, 3.8) is 0 Å². The van der Waals surface area contributed by atoms with E-state index >= 15 is 0 Å². The lowest BCUT2D eigenvalue weighted by Gasteiger charge is -2.36. The SMILES string of the molecule is CCc1cnc(-c2c(CCO[Si](C)(C)C(C)(C)C)c3ccccc3n2S(=O)(=O)c2ccccc2)cc1C(=O)OC. The maximum absolute atomic E-state index is 14.2. The summed E-state index contributed by atoms with van der Waals surface area (Å²) in [5.41, 5.74) is 3.26. The second kappa shape index (κ2) is 11.3. The smallest absolute Gasteiger partial charge is 0.338 e. The van der Waals surface area contributed by atoms with Crippen molar-refractivity contribution in [2.45, 2.75) is 63.6 Å². The molecule has 0 fully saturated rings. The number of nitrogens with zero attached hydrogens (tertiary/aromatic N) is 2. The van der Waals surface area contributed by atoms with Crippen LogP contribution in [-0.4, -0.2) is 45.4 Å². The van der Waals surface area contributed by atoms with Gasteiger partial charge in [0.15, 0.2) is 8.32 Å². The number of fused-ring (bicyclic) bond motifs is 1. The van der Waals surface area contributed by atoms with Crippen LogP contribution in [0, 0.1) is 0 Å². The van der Waals surface area contributed by atoms with E-state index < -0.39 is 24.3 Å². The van der Waals surface area contributed by atoms with Gasteiger partial charge in [0.2, 0.25) is 0 Å². The summed E-state index contributed by atoms with van der Waals surface area (Å²) in [5.74, 6) is -0.489. The first-order chi connectivity index (χ1) is 18.8. The van der Waals surface area contributed by atoms with Crippen LogP contribution < -0.4 is 0 Å². The average Bonchev–Trinajstić information content (AvgIpc) is 3.27. The topological polar surface area (TPSA) is 87.5 Å². The number of methoxy groups -OCH3 is 1. The highest BCUT2D eigenvalue weighted by atomic mass is 32.2. The Hall–Kier alpha value is -3.27. The summed E-state index contributed by atoms with van der Waals surface area (Å²) in [6, 6.07) is 17.5. The van der Waals surface area contributed by atoms with Crippen LogP contribution in [0.5, 0.6) is 0 Å². The number of rotatable bonds is 9. The number of hydrogen-bond donors (Lipinski definition) is 0. The molecular formula is C31H38N2O5SSi. The van der Waals surface area contributed by atoms with Crippen molar-refractivity contribution in [1.29, 1.82) is 0 Å². The normalized spacial score (nSPS) is 12.6. The van der Waals surface area contributed by atoms with E-state index in [1.807, 2.05) is 25.1 Å². The fourth-order valence-electron chi connectivity index (χ4n) is 4.56. The van der Waals surface area contributed by atoms with Crippen LogP contribution >= 0.6 is 0 Å². The highest BCUT2D eigenvalue weighted by Gasteiger charge is 2.37. The van der Waals surface area contributed by atoms with Crippen molar-refractivity contribution in [2.75, 3.05) is 13.7 Å². The highest BCUT2D eigenvalue weighted by molar-refractivity contribution is 7.90. The zero-order valence-corrected chi connectivity index (χ0v) is 26.1. The molecule has 0 aliphatic rings. The molecule has 0 saturated carbocycles. The minimum Gasteiger partial charge on any atom is -0.465 e. The van der Waals surface area contributed by atoms with Gasteiger partial charge in [-0.25, -0.2) is 17.2 Å². The fraction of sp³-hybridized carbons (Fsp3) is 0.355. The van der Waals surface area contributed by atoms with Crippen molar-refractivity contribution in [3.8, 4) is 11.4 Å². The van der Waals surface area contributed by atoms with Gasteiger partial charge in [-0.2, -0.15) is 0 Å². The number of esters is 1. The Labute approximate surface area is 238 Å². The largest absolute Gasteiger partial charge is 0.465 e. The Morgan fingerprint density at radius 2 is 1.68 bits per heavy atom. The number of para-hydroxylation sites is 1. The van der Waals surface area contributed by atoms with E-state index in [9.17, 15) is 13.2 Å². The van der Waals surface area contributed by atoms with Gasteiger partial charge in [0.1, 0.15) is 0 Å². The second-order valence-corrected chi connectivity index (χ2v) is 18.0. The fourth-order valence-corrected chi connectivity index (χ4v) is 7.17.